The quantitative estimate of drug-likeness (QED) is 0.0193. The van der Waals surface area contributed by atoms with Crippen molar-refractivity contribution in [2.24, 2.45) is 11.8 Å². The Bertz CT molecular complexity index is 7220. The number of aromatic nitrogens is 18. The van der Waals surface area contributed by atoms with Gasteiger partial charge < -0.3 is 132 Å². The zero-order chi connectivity index (χ0) is 105. The smallest absolute Gasteiger partial charge is 0.383 e. The van der Waals surface area contributed by atoms with E-state index in [0.29, 0.717) is 23.1 Å². The number of nitrogen functional groups attached to an aromatic ring is 5. The molecule has 9 aromatic heterocycles. The Morgan fingerprint density at radius 1 is 0.400 bits per heavy atom. The average Bonchev–Trinajstić information content (AvgIpc) is 1.63. The van der Waals surface area contributed by atoms with Crippen LogP contribution in [0.1, 0.15) is 136 Å². The third-order valence-corrected chi connectivity index (χ3v) is 35.5. The number of nitrogens with one attached hydrogen (secondary N) is 2. The number of hydrogen-bond donors (Lipinski definition) is 14. The number of rotatable bonds is 41. The molecule has 6 aliphatic heterocycles. The Labute approximate surface area is 849 Å². The fourth-order valence-electron chi connectivity index (χ4n) is 17.6. The lowest BCUT2D eigenvalue weighted by Crippen LogP contribution is -2.35. The summed E-state index contributed by atoms with van der Waals surface area (Å²) >= 11 is 32.7. The highest BCUT2D eigenvalue weighted by Crippen LogP contribution is 2.61. The number of anilines is 5. The summed E-state index contributed by atoms with van der Waals surface area (Å²) in [6.07, 6.45) is -13.4. The summed E-state index contributed by atoms with van der Waals surface area (Å²) in [4.78, 5) is 205. The Hall–Kier alpha value is -6.88. The van der Waals surface area contributed by atoms with Crippen LogP contribution in [0.5, 0.6) is 0 Å². The molecule has 0 bridgehead atoms. The second-order valence-corrected chi connectivity index (χ2v) is 53.2. The number of thiol groups is 1. The van der Waals surface area contributed by atoms with E-state index in [1.807, 2.05) is 0 Å². The Kier molecular flexibility index (Phi) is 33.9. The minimum Gasteiger partial charge on any atom is -0.383 e. The molecule has 794 valence electrons. The van der Waals surface area contributed by atoms with Crippen LogP contribution in [0, 0.1) is 46.5 Å². The van der Waals surface area contributed by atoms with Gasteiger partial charge in [0.25, 0.3) is 11.1 Å². The number of H-pyrrole nitrogens is 2. The molecule has 15 heterocycles. The maximum Gasteiger partial charge on any atom is 0.472 e. The van der Waals surface area contributed by atoms with Gasteiger partial charge in [-0.15, -0.1) is 0 Å². The monoisotopic (exact) mass is 2280 g/mol. The molecule has 18 N–H and O–H groups in total. The van der Waals surface area contributed by atoms with E-state index in [-0.39, 0.29) is 107 Å². The average molecular weight is 2280 g/mol. The molecule has 7 aliphatic rings. The minimum absolute atomic E-state index is 0.00912. The van der Waals surface area contributed by atoms with E-state index < -0.39 is 262 Å². The summed E-state index contributed by atoms with van der Waals surface area (Å²) in [6, 6.07) is -0.919. The molecule has 1 saturated carbocycles. The molecule has 1 aliphatic carbocycles. The van der Waals surface area contributed by atoms with Gasteiger partial charge >= 0.3 is 76.7 Å². The molecule has 7 fully saturated rings. The van der Waals surface area contributed by atoms with Gasteiger partial charge in [-0.3, -0.25) is 69.6 Å². The van der Waals surface area contributed by atoms with Crippen molar-refractivity contribution in [2.45, 2.75) is 223 Å². The molecule has 0 aromatic carbocycles. The van der Waals surface area contributed by atoms with Crippen molar-refractivity contribution >= 4 is 171 Å². The van der Waals surface area contributed by atoms with Crippen LogP contribution in [0.15, 0.2) is 89.9 Å². The van der Waals surface area contributed by atoms with Gasteiger partial charge in [0.05, 0.1) is 88.9 Å². The molecular formula is C74H102N23O35P7S6. The van der Waals surface area contributed by atoms with Gasteiger partial charge in [-0.05, 0) is 106 Å². The molecule has 0 spiro atoms. The van der Waals surface area contributed by atoms with E-state index >= 15 is 0 Å². The topological polar surface area (TPSA) is 772 Å². The van der Waals surface area contributed by atoms with Crippen molar-refractivity contribution in [3.63, 3.8) is 0 Å². The molecule has 0 radical (unpaired) electrons. The Balaban J connectivity index is 0.610. The third kappa shape index (κ3) is 25.9. The van der Waals surface area contributed by atoms with Crippen LogP contribution < -0.4 is 68.2 Å². The Morgan fingerprint density at radius 3 is 1.09 bits per heavy atom. The van der Waals surface area contributed by atoms with Crippen LogP contribution in [0.3, 0.4) is 0 Å². The van der Waals surface area contributed by atoms with Gasteiger partial charge in [0, 0.05) is 122 Å². The molecule has 14 unspecified atom stereocenters. The summed E-state index contributed by atoms with van der Waals surface area (Å²) in [6.45, 7) is -21.0. The van der Waals surface area contributed by atoms with Crippen LogP contribution in [-0.4, -0.2) is 242 Å². The van der Waals surface area contributed by atoms with Gasteiger partial charge in [-0.1, -0.05) is 26.1 Å². The number of aromatic amines is 2. The van der Waals surface area contributed by atoms with Gasteiger partial charge in [0.2, 0.25) is 0 Å². The largest absolute Gasteiger partial charge is 0.472 e. The van der Waals surface area contributed by atoms with Gasteiger partial charge in [0.1, 0.15) is 121 Å². The zero-order valence-corrected chi connectivity index (χ0v) is 88.7. The summed E-state index contributed by atoms with van der Waals surface area (Å²) in [5.41, 5.74) is 26.6. The van der Waals surface area contributed by atoms with Gasteiger partial charge in [-0.2, -0.15) is 15.0 Å². The fraction of sp³-hybridized carbons (Fsp3) is 0.595. The number of nitrogens with zero attached hydrogens (tertiary/aromatic N) is 16. The maximum atomic E-state index is 14.9. The number of phosphoric acid groups is 1. The van der Waals surface area contributed by atoms with Crippen molar-refractivity contribution in [1.29, 1.82) is 0 Å². The first kappa shape index (κ1) is 111. The first-order valence-electron chi connectivity index (χ1n) is 44.2. The van der Waals surface area contributed by atoms with Crippen molar-refractivity contribution in [3.8, 4) is 0 Å². The van der Waals surface area contributed by atoms with Crippen LogP contribution in [-0.2, 0) is 160 Å². The summed E-state index contributed by atoms with van der Waals surface area (Å²) in [5.74, 6) is -2.08. The lowest BCUT2D eigenvalue weighted by atomic mass is 10.0. The van der Waals surface area contributed by atoms with E-state index in [2.05, 4.69) is 67.1 Å². The minimum atomic E-state index is -4.77. The summed E-state index contributed by atoms with van der Waals surface area (Å²) in [7, 11) is -3.81. The normalized spacial score (nSPS) is 30.1. The molecule has 6 saturated heterocycles. The van der Waals surface area contributed by atoms with E-state index in [0.717, 1.165) is 20.8 Å². The van der Waals surface area contributed by atoms with Crippen LogP contribution in [0.4, 0.5) is 29.1 Å². The highest BCUT2D eigenvalue weighted by molar-refractivity contribution is 8.44. The zero-order valence-electron chi connectivity index (χ0n) is 77.5. The van der Waals surface area contributed by atoms with Gasteiger partial charge in [0.15, 0.2) is 22.9 Å². The standard InChI is InChI=1S/C74H102N23O35P7S6/c1-9-40-41(11-52(120-40)92-17-32(2)61(75)86-70(92)100)127-135(108,141)116-24-48-43(13-53(121-48)93-18-33(3)62(76)87-71(93)101)129-137(110,143)117-25-49-44(14-54(122-49)94-19-34(4)63(77)88-72(94)102)130-138(111,144)118-26-51-46(16-57(125-51)97-31-85-59-65(79)81-29-83-67(59)97)128-134(107,140)114-22-38-10-39(91-20-35(5)68(98)89-73(91)103)37(7)60(38)132-139(112,145)119-27-50-45(15-55(123-50)95-21-36(6)69(99)90-74(95)104)131-136(109,142)115-23-47-42(126-133(105,106)113-8)12-56(124-47)96-30-84-58-64(78)80-28-82-66(58)96/h17-21,28-31,37-57,60H,9-16,22-27H2,1-8H3,(H,105,106)(H,107,140)(H,108,141)(H,109,142)(H,110,143)(H,111,144)(H,112,145)(H2,75,86,100)(H2,76,87,101)(H2,77,88,102)(H2,78,80,82)(H2,79,81,83)(H,89,98,103)(H,90,99,104)/t37-,38-,39-,40-,41?,42?,43?,44?,45?,46?,47-,48-,49-,50-,51-,52-,53-,54-,55-,56-,57-,60?,134?,135?,136?,137?,138?,139?/m1/s1. The van der Waals surface area contributed by atoms with E-state index in [9.17, 15) is 72.1 Å². The van der Waals surface area contributed by atoms with Crippen LogP contribution in [0.25, 0.3) is 22.3 Å². The van der Waals surface area contributed by atoms with Crippen molar-refractivity contribution in [2.75, 3.05) is 75.4 Å². The highest BCUT2D eigenvalue weighted by atomic mass is 32.7. The maximum absolute atomic E-state index is 14.9. The van der Waals surface area contributed by atoms with E-state index in [4.69, 9.17) is 179 Å². The van der Waals surface area contributed by atoms with Crippen molar-refractivity contribution < 1.29 is 130 Å². The highest BCUT2D eigenvalue weighted by Gasteiger charge is 2.53. The first-order chi connectivity index (χ1) is 68.2. The van der Waals surface area contributed by atoms with E-state index in [1.54, 1.807) is 34.6 Å². The SMILES string of the molecule is CC[C@H]1O[C@@H](n2cc(C)c(N)nc2=O)CC1OP(O)(=S)OC[C@H]1O[C@@H](n2cc(C)c(N)nc2=O)CC1OP(=O)(S)OC[C@H]1O[C@@H](n2cc(C)c(N)nc2=O)CC1OP(O)(=S)OC[C@H]1O[C@@H](n2cnc3c(N)ncnc32)CC1OP(O)(=S)OC[C@H]1C[C@@H](n2cc(C)c(=O)[nH]c2=O)[C@@H](C)C1OP(O)(=S)OC[C@H]1O[C@@H](n2cc(C)c(=O)[nH]c2=O)CC1OP(O)(=S)OC[C@H]1O[C@@H](n2cnc3c(N)ncnc32)CC1OP(=O)(O)OC. The number of imidazole rings is 2. The number of ether oxygens (including phenoxy) is 6. The number of nitrogens with two attached hydrogens (primary N) is 5. The lowest BCUT2D eigenvalue weighted by molar-refractivity contribution is -0.0535. The lowest BCUT2D eigenvalue weighted by Gasteiger charge is -2.30. The predicted octanol–water partition coefficient (Wildman–Crippen LogP) is 2.99. The Morgan fingerprint density at radius 2 is 0.710 bits per heavy atom. The summed E-state index contributed by atoms with van der Waals surface area (Å²) < 4.78 is 158. The molecule has 16 rings (SSSR count). The van der Waals surface area contributed by atoms with E-state index in [1.165, 1.54) is 88.4 Å². The molecule has 29 atom stereocenters. The summed E-state index contributed by atoms with van der Waals surface area (Å²) in [5, 5.41) is 0. The predicted molar refractivity (Wildman–Crippen MR) is 528 cm³/mol. The van der Waals surface area contributed by atoms with Crippen LogP contribution in [0.2, 0.25) is 0 Å². The molecule has 0 amide bonds. The van der Waals surface area contributed by atoms with Crippen molar-refractivity contribution in [3.05, 3.63) is 157 Å². The molecule has 71 heteroatoms. The second-order valence-electron chi connectivity index (χ2n) is 34.8. The number of aryl methyl sites for hydroxylation is 5. The first-order valence-corrected chi connectivity index (χ1v) is 61.3. The second kappa shape index (κ2) is 44.4. The molecule has 9 aromatic rings. The van der Waals surface area contributed by atoms with Crippen LogP contribution >= 0.6 is 60.5 Å². The molecular weight excluding hydrogens is 2180 g/mol. The van der Waals surface area contributed by atoms with Crippen molar-refractivity contribution in [1.82, 2.24) is 86.8 Å². The molecule has 145 heavy (non-hydrogen) atoms. The number of fused-ring (bicyclic) bond motifs is 2. The van der Waals surface area contributed by atoms with Gasteiger partial charge in [-0.25, -0.2) is 63.0 Å². The molecule has 58 nitrogen and oxygen atoms in total. The number of phosphoric ester groups is 1. The number of hydrogen-bond acceptors (Lipinski definition) is 48. The fourth-order valence-corrected chi connectivity index (χ4v) is 27.3. The third-order valence-electron chi connectivity index (χ3n) is 25.0.